The molecule has 0 unspecified atom stereocenters. The lowest BCUT2D eigenvalue weighted by molar-refractivity contribution is -0.115. The van der Waals surface area contributed by atoms with Crippen molar-refractivity contribution >= 4 is 55.9 Å². The number of carbonyl (C=O) groups is 1. The van der Waals surface area contributed by atoms with Gasteiger partial charge in [0.15, 0.2) is 0 Å². The van der Waals surface area contributed by atoms with Crippen molar-refractivity contribution in [3.8, 4) is 0 Å². The lowest BCUT2D eigenvalue weighted by atomic mass is 10.1. The van der Waals surface area contributed by atoms with Gasteiger partial charge in [-0.25, -0.2) is 0 Å². The van der Waals surface area contributed by atoms with Crippen LogP contribution in [0, 0.1) is 0 Å². The minimum absolute atomic E-state index is 0.0431. The van der Waals surface area contributed by atoms with Crippen molar-refractivity contribution in [3.63, 3.8) is 0 Å². The van der Waals surface area contributed by atoms with Gasteiger partial charge in [0.25, 0.3) is 5.56 Å². The Labute approximate surface area is 183 Å². The monoisotopic (exact) mass is 504 g/mol. The summed E-state index contributed by atoms with van der Waals surface area (Å²) in [5, 5.41) is 9.08. The van der Waals surface area contributed by atoms with Crippen LogP contribution >= 0.6 is 22.6 Å². The van der Waals surface area contributed by atoms with Crippen molar-refractivity contribution in [2.45, 2.75) is 19.8 Å². The third-order valence-corrected chi connectivity index (χ3v) is 6.54. The van der Waals surface area contributed by atoms with Gasteiger partial charge in [0.05, 0.1) is 11.1 Å². The summed E-state index contributed by atoms with van der Waals surface area (Å²) < 4.78 is 1.03. The molecule has 1 aliphatic rings. The third-order valence-electron chi connectivity index (χ3n) is 5.58. The van der Waals surface area contributed by atoms with Crippen LogP contribution in [0.1, 0.15) is 24.5 Å². The molecule has 7 heteroatoms. The number of amides is 1. The Morgan fingerprint density at radius 1 is 1.24 bits per heavy atom. The van der Waals surface area contributed by atoms with Crippen LogP contribution in [0.5, 0.6) is 0 Å². The van der Waals surface area contributed by atoms with E-state index in [-0.39, 0.29) is 11.5 Å². The zero-order chi connectivity index (χ0) is 20.4. The molecule has 0 bridgehead atoms. The van der Waals surface area contributed by atoms with Gasteiger partial charge in [-0.05, 0) is 48.8 Å². The molecule has 0 saturated carbocycles. The minimum atomic E-state index is -0.0626. The van der Waals surface area contributed by atoms with E-state index in [1.54, 1.807) is 0 Å². The summed E-state index contributed by atoms with van der Waals surface area (Å²) in [6.45, 7) is 5.36. The number of hydrogen-bond donors (Lipinski definition) is 3. The molecule has 1 aliphatic carbocycles. The highest BCUT2D eigenvalue weighted by Crippen LogP contribution is 2.39. The Kier molecular flexibility index (Phi) is 6.17. The Morgan fingerprint density at radius 2 is 2.10 bits per heavy atom. The summed E-state index contributed by atoms with van der Waals surface area (Å²) >= 11 is 2.38. The number of hydrogen-bond acceptors (Lipinski definition) is 4. The van der Waals surface area contributed by atoms with Gasteiger partial charge in [-0.2, -0.15) is 0 Å². The zero-order valence-electron chi connectivity index (χ0n) is 16.5. The average Bonchev–Trinajstić information content (AvgIpc) is 3.12. The van der Waals surface area contributed by atoms with Crippen molar-refractivity contribution in [1.29, 1.82) is 0 Å². The second-order valence-electron chi connectivity index (χ2n) is 7.39. The number of aromatic amines is 1. The molecule has 0 spiro atoms. The second kappa shape index (κ2) is 8.81. The maximum absolute atomic E-state index is 12.5. The van der Waals surface area contributed by atoms with E-state index in [1.165, 1.54) is 0 Å². The van der Waals surface area contributed by atoms with Gasteiger partial charge in [0.1, 0.15) is 0 Å². The molecule has 4 rings (SSSR count). The molecule has 0 atom stereocenters. The van der Waals surface area contributed by atoms with Gasteiger partial charge >= 0.3 is 0 Å². The Hall–Kier alpha value is -1.97. The molecular formula is C22H25IN4O2. The van der Waals surface area contributed by atoms with E-state index in [0.717, 1.165) is 70.1 Å². The standard InChI is InChI=1S/C22H25IN4O2/c1-2-27(13-23)10-4-9-24-12-19(28)25-17-7-8-18-21-16(17)11-14-5-3-6-15(20(14)21)22(29)26-18/h3,5-8,24H,2,4,9-13H2,1H3,(H,25,28)(H,26,29). The fraction of sp³-hybridized carbons (Fsp3) is 0.364. The number of benzene rings is 2. The maximum Gasteiger partial charge on any atom is 0.256 e. The van der Waals surface area contributed by atoms with E-state index < -0.39 is 0 Å². The molecule has 0 fully saturated rings. The van der Waals surface area contributed by atoms with Gasteiger partial charge in [-0.1, -0.05) is 41.6 Å². The van der Waals surface area contributed by atoms with Crippen LogP contribution in [0.25, 0.3) is 21.7 Å². The summed E-state index contributed by atoms with van der Waals surface area (Å²) in [5.41, 5.74) is 3.82. The molecule has 0 aliphatic heterocycles. The molecule has 2 aromatic carbocycles. The van der Waals surface area contributed by atoms with Gasteiger partial charge in [0.2, 0.25) is 5.91 Å². The molecule has 6 nitrogen and oxygen atoms in total. The van der Waals surface area contributed by atoms with Crippen LogP contribution in [0.15, 0.2) is 35.1 Å². The molecule has 3 aromatic rings. The molecule has 1 aromatic heterocycles. The largest absolute Gasteiger partial charge is 0.325 e. The summed E-state index contributed by atoms with van der Waals surface area (Å²) in [4.78, 5) is 30.1. The number of alkyl halides is 1. The fourth-order valence-electron chi connectivity index (χ4n) is 4.08. The van der Waals surface area contributed by atoms with Crippen LogP contribution in [-0.4, -0.2) is 46.5 Å². The number of anilines is 1. The summed E-state index contributed by atoms with van der Waals surface area (Å²) in [6, 6.07) is 9.62. The van der Waals surface area contributed by atoms with Gasteiger partial charge in [-0.3, -0.25) is 14.5 Å². The molecule has 29 heavy (non-hydrogen) atoms. The Balaban J connectivity index is 1.44. The number of rotatable bonds is 9. The maximum atomic E-state index is 12.5. The number of pyridine rings is 1. The van der Waals surface area contributed by atoms with Crippen molar-refractivity contribution in [2.24, 2.45) is 0 Å². The van der Waals surface area contributed by atoms with Crippen LogP contribution in [-0.2, 0) is 11.2 Å². The third kappa shape index (κ3) is 4.04. The molecule has 0 radical (unpaired) electrons. The second-order valence-corrected chi connectivity index (χ2v) is 8.08. The first-order chi connectivity index (χ1) is 14.1. The minimum Gasteiger partial charge on any atom is -0.325 e. The highest BCUT2D eigenvalue weighted by atomic mass is 127. The van der Waals surface area contributed by atoms with Crippen LogP contribution in [0.3, 0.4) is 0 Å². The van der Waals surface area contributed by atoms with Gasteiger partial charge in [-0.15, -0.1) is 0 Å². The van der Waals surface area contributed by atoms with E-state index in [4.69, 9.17) is 0 Å². The smallest absolute Gasteiger partial charge is 0.256 e. The topological polar surface area (TPSA) is 77.2 Å². The van der Waals surface area contributed by atoms with Crippen LogP contribution in [0.4, 0.5) is 5.69 Å². The highest BCUT2D eigenvalue weighted by Gasteiger charge is 2.22. The molecule has 3 N–H and O–H groups in total. The number of nitrogens with one attached hydrogen (secondary N) is 3. The predicted octanol–water partition coefficient (Wildman–Crippen LogP) is 3.22. The Morgan fingerprint density at radius 3 is 2.90 bits per heavy atom. The quantitative estimate of drug-likeness (QED) is 0.108. The first-order valence-electron chi connectivity index (χ1n) is 10.0. The van der Waals surface area contributed by atoms with E-state index in [9.17, 15) is 9.59 Å². The zero-order valence-corrected chi connectivity index (χ0v) is 18.6. The SMILES string of the molecule is CCN(CI)CCCNCC(=O)Nc1ccc2[nH]c(=O)c3cccc4c3c2c1C4. The van der Waals surface area contributed by atoms with Crippen LogP contribution in [0.2, 0.25) is 0 Å². The molecule has 1 amide bonds. The molecule has 0 saturated heterocycles. The van der Waals surface area contributed by atoms with Crippen molar-refractivity contribution in [1.82, 2.24) is 15.2 Å². The first kappa shape index (κ1) is 20.3. The highest BCUT2D eigenvalue weighted by molar-refractivity contribution is 14.1. The number of carbonyl (C=O) groups excluding carboxylic acids is 1. The van der Waals surface area contributed by atoms with Crippen molar-refractivity contribution in [3.05, 3.63) is 51.8 Å². The fourth-order valence-corrected chi connectivity index (χ4v) is 4.90. The summed E-state index contributed by atoms with van der Waals surface area (Å²) in [6.07, 6.45) is 1.75. The van der Waals surface area contributed by atoms with Crippen molar-refractivity contribution in [2.75, 3.05) is 36.0 Å². The van der Waals surface area contributed by atoms with E-state index in [1.807, 2.05) is 24.3 Å². The number of aromatic nitrogens is 1. The predicted molar refractivity (Wildman–Crippen MR) is 127 cm³/mol. The normalized spacial score (nSPS) is 12.5. The van der Waals surface area contributed by atoms with Gasteiger partial charge < -0.3 is 15.6 Å². The first-order valence-corrected chi connectivity index (χ1v) is 11.5. The summed E-state index contributed by atoms with van der Waals surface area (Å²) in [5.74, 6) is -0.0431. The lowest BCUT2D eigenvalue weighted by Gasteiger charge is -2.16. The molecular weight excluding hydrogens is 479 g/mol. The molecule has 152 valence electrons. The molecule has 1 heterocycles. The Bertz CT molecular complexity index is 1120. The summed E-state index contributed by atoms with van der Waals surface area (Å²) in [7, 11) is 0. The average molecular weight is 504 g/mol. The lowest BCUT2D eigenvalue weighted by Crippen LogP contribution is -2.31. The number of H-pyrrole nitrogens is 1. The number of nitrogens with zero attached hydrogens (tertiary/aromatic N) is 1. The van der Waals surface area contributed by atoms with Crippen molar-refractivity contribution < 1.29 is 4.79 Å². The van der Waals surface area contributed by atoms with E-state index in [2.05, 4.69) is 56.1 Å². The van der Waals surface area contributed by atoms with Crippen LogP contribution < -0.4 is 16.2 Å². The number of halogens is 1. The van der Waals surface area contributed by atoms with E-state index in [0.29, 0.717) is 11.9 Å². The van der Waals surface area contributed by atoms with Gasteiger partial charge in [0, 0.05) is 40.3 Å². The van der Waals surface area contributed by atoms with E-state index >= 15 is 0 Å².